The van der Waals surface area contributed by atoms with Gasteiger partial charge >= 0.3 is 5.97 Å². The molecule has 1 aromatic rings. The Morgan fingerprint density at radius 1 is 1.29 bits per heavy atom. The lowest BCUT2D eigenvalue weighted by Crippen LogP contribution is -2.28. The number of anilines is 2. The first-order valence-electron chi connectivity index (χ1n) is 5.72. The molecule has 0 saturated carbocycles. The maximum absolute atomic E-state index is 11.7. The molecule has 0 saturated heterocycles. The highest BCUT2D eigenvalue weighted by Gasteiger charge is 2.24. The fraction of sp³-hybridized carbons (Fsp3) is 0.462. The molecule has 2 rings (SSSR count). The molecule has 0 unspecified atom stereocenters. The molecule has 0 amide bonds. The third-order valence-corrected chi connectivity index (χ3v) is 2.97. The van der Waals surface area contributed by atoms with Gasteiger partial charge in [-0.25, -0.2) is 4.79 Å². The number of methoxy groups -OCH3 is 1. The average molecular weight is 234 g/mol. The molecular weight excluding hydrogens is 216 g/mol. The zero-order valence-electron chi connectivity index (χ0n) is 10.5. The third kappa shape index (κ3) is 2.35. The van der Waals surface area contributed by atoms with E-state index in [1.807, 2.05) is 12.1 Å². The van der Waals surface area contributed by atoms with Crippen molar-refractivity contribution in [1.82, 2.24) is 0 Å². The number of rotatable bonds is 1. The van der Waals surface area contributed by atoms with Crippen LogP contribution in [0.15, 0.2) is 18.2 Å². The molecule has 4 nitrogen and oxygen atoms in total. The number of hydrogen-bond acceptors (Lipinski definition) is 4. The minimum Gasteiger partial charge on any atom is -0.465 e. The molecule has 0 atom stereocenters. The predicted octanol–water partition coefficient (Wildman–Crippen LogP) is 2.34. The zero-order chi connectivity index (χ0) is 12.5. The minimum atomic E-state index is -0.309. The van der Waals surface area contributed by atoms with Crippen molar-refractivity contribution in [1.29, 1.82) is 0 Å². The van der Waals surface area contributed by atoms with Gasteiger partial charge in [-0.15, -0.1) is 0 Å². The number of hydrogen-bond donors (Lipinski definition) is 2. The number of carbonyl (C=O) groups is 1. The number of benzene rings is 1. The summed E-state index contributed by atoms with van der Waals surface area (Å²) in [4.78, 5) is 11.7. The largest absolute Gasteiger partial charge is 0.465 e. The van der Waals surface area contributed by atoms with Crippen molar-refractivity contribution in [2.24, 2.45) is 5.41 Å². The molecule has 0 bridgehead atoms. The summed E-state index contributed by atoms with van der Waals surface area (Å²) in [5.41, 5.74) is 2.52. The fourth-order valence-electron chi connectivity index (χ4n) is 1.89. The molecule has 92 valence electrons. The van der Waals surface area contributed by atoms with E-state index in [1.165, 1.54) is 7.11 Å². The van der Waals surface area contributed by atoms with Crippen molar-refractivity contribution in [2.45, 2.75) is 13.8 Å². The van der Waals surface area contributed by atoms with Crippen molar-refractivity contribution in [3.63, 3.8) is 0 Å². The standard InChI is InChI=1S/C13H18N2O2/c1-13(2)7-14-10-6-4-5-9(12(16)17-3)11(10)15-8-13/h4-6,14-15H,7-8H2,1-3H3. The van der Waals surface area contributed by atoms with Crippen LogP contribution in [0.25, 0.3) is 0 Å². The van der Waals surface area contributed by atoms with E-state index in [9.17, 15) is 4.79 Å². The Kier molecular flexibility index (Phi) is 2.96. The Morgan fingerprint density at radius 2 is 2.00 bits per heavy atom. The number of ether oxygens (including phenoxy) is 1. The van der Waals surface area contributed by atoms with Crippen LogP contribution in [0.5, 0.6) is 0 Å². The van der Waals surface area contributed by atoms with Crippen LogP contribution in [0.2, 0.25) is 0 Å². The van der Waals surface area contributed by atoms with E-state index < -0.39 is 0 Å². The smallest absolute Gasteiger partial charge is 0.340 e. The van der Waals surface area contributed by atoms with E-state index in [-0.39, 0.29) is 11.4 Å². The van der Waals surface area contributed by atoms with Crippen molar-refractivity contribution in [3.8, 4) is 0 Å². The molecule has 0 aromatic heterocycles. The highest BCUT2D eigenvalue weighted by molar-refractivity contribution is 5.99. The van der Waals surface area contributed by atoms with Gasteiger partial charge in [0.05, 0.1) is 24.0 Å². The molecule has 0 radical (unpaired) electrons. The van der Waals surface area contributed by atoms with Gasteiger partial charge in [0.25, 0.3) is 0 Å². The molecule has 1 aliphatic heterocycles. The summed E-state index contributed by atoms with van der Waals surface area (Å²) in [6.07, 6.45) is 0. The summed E-state index contributed by atoms with van der Waals surface area (Å²) in [7, 11) is 1.40. The molecule has 0 aliphatic carbocycles. The van der Waals surface area contributed by atoms with Gasteiger partial charge in [0, 0.05) is 13.1 Å². The van der Waals surface area contributed by atoms with E-state index in [0.717, 1.165) is 24.5 Å². The molecule has 17 heavy (non-hydrogen) atoms. The van der Waals surface area contributed by atoms with Crippen LogP contribution in [0, 0.1) is 5.41 Å². The van der Waals surface area contributed by atoms with Gasteiger partial charge in [-0.1, -0.05) is 19.9 Å². The molecule has 1 aliphatic rings. The van der Waals surface area contributed by atoms with Crippen LogP contribution in [-0.2, 0) is 4.74 Å². The number of para-hydroxylation sites is 1. The summed E-state index contributed by atoms with van der Waals surface area (Å²) in [6.45, 7) is 6.05. The predicted molar refractivity (Wildman–Crippen MR) is 68.5 cm³/mol. The van der Waals surface area contributed by atoms with Crippen molar-refractivity contribution < 1.29 is 9.53 Å². The van der Waals surface area contributed by atoms with Crippen molar-refractivity contribution in [3.05, 3.63) is 23.8 Å². The lowest BCUT2D eigenvalue weighted by Gasteiger charge is -2.21. The Labute approximate surface area is 101 Å². The van der Waals surface area contributed by atoms with Crippen LogP contribution < -0.4 is 10.6 Å². The van der Waals surface area contributed by atoms with E-state index in [2.05, 4.69) is 24.5 Å². The average Bonchev–Trinajstić information content (AvgIpc) is 2.47. The second-order valence-corrected chi connectivity index (χ2v) is 5.09. The van der Waals surface area contributed by atoms with Crippen LogP contribution in [0.4, 0.5) is 11.4 Å². The lowest BCUT2D eigenvalue weighted by atomic mass is 9.94. The van der Waals surface area contributed by atoms with Gasteiger partial charge in [0.2, 0.25) is 0 Å². The molecule has 1 heterocycles. The molecule has 0 spiro atoms. The number of nitrogens with one attached hydrogen (secondary N) is 2. The van der Waals surface area contributed by atoms with Gasteiger partial charge < -0.3 is 15.4 Å². The normalized spacial score (nSPS) is 17.1. The van der Waals surface area contributed by atoms with Crippen LogP contribution >= 0.6 is 0 Å². The topological polar surface area (TPSA) is 50.4 Å². The number of esters is 1. The monoisotopic (exact) mass is 234 g/mol. The number of fused-ring (bicyclic) bond motifs is 1. The molecular formula is C13H18N2O2. The van der Waals surface area contributed by atoms with Gasteiger partial charge in [0.1, 0.15) is 0 Å². The van der Waals surface area contributed by atoms with E-state index in [4.69, 9.17) is 4.74 Å². The Morgan fingerprint density at radius 3 is 2.71 bits per heavy atom. The maximum Gasteiger partial charge on any atom is 0.340 e. The van der Waals surface area contributed by atoms with Crippen LogP contribution in [0.1, 0.15) is 24.2 Å². The summed E-state index contributed by atoms with van der Waals surface area (Å²) in [5, 5.41) is 6.70. The SMILES string of the molecule is COC(=O)c1cccc2c1NCC(C)(C)CN2. The highest BCUT2D eigenvalue weighted by atomic mass is 16.5. The van der Waals surface area contributed by atoms with Crippen LogP contribution in [0.3, 0.4) is 0 Å². The van der Waals surface area contributed by atoms with E-state index >= 15 is 0 Å². The Balaban J connectivity index is 2.39. The Hall–Kier alpha value is -1.71. The van der Waals surface area contributed by atoms with Crippen molar-refractivity contribution >= 4 is 17.3 Å². The molecule has 1 aromatic carbocycles. The lowest BCUT2D eigenvalue weighted by molar-refractivity contribution is 0.0602. The van der Waals surface area contributed by atoms with Crippen molar-refractivity contribution in [2.75, 3.05) is 30.8 Å². The van der Waals surface area contributed by atoms with Gasteiger partial charge in [-0.3, -0.25) is 0 Å². The highest BCUT2D eigenvalue weighted by Crippen LogP contribution is 2.32. The summed E-state index contributed by atoms with van der Waals surface area (Å²) < 4.78 is 4.79. The third-order valence-electron chi connectivity index (χ3n) is 2.97. The van der Waals surface area contributed by atoms with Gasteiger partial charge in [0.15, 0.2) is 0 Å². The fourth-order valence-corrected chi connectivity index (χ4v) is 1.89. The molecule has 2 N–H and O–H groups in total. The first-order valence-corrected chi connectivity index (χ1v) is 5.72. The van der Waals surface area contributed by atoms with Gasteiger partial charge in [-0.05, 0) is 17.5 Å². The second-order valence-electron chi connectivity index (χ2n) is 5.09. The van der Waals surface area contributed by atoms with E-state index in [1.54, 1.807) is 6.07 Å². The second kappa shape index (κ2) is 4.28. The first-order chi connectivity index (χ1) is 8.03. The van der Waals surface area contributed by atoms with Gasteiger partial charge in [-0.2, -0.15) is 0 Å². The molecule has 0 fully saturated rings. The van der Waals surface area contributed by atoms with Crippen LogP contribution in [-0.4, -0.2) is 26.2 Å². The quantitative estimate of drug-likeness (QED) is 0.732. The Bertz CT molecular complexity index is 441. The summed E-state index contributed by atoms with van der Waals surface area (Å²) in [6, 6.07) is 5.60. The maximum atomic E-state index is 11.7. The zero-order valence-corrected chi connectivity index (χ0v) is 10.5. The van der Waals surface area contributed by atoms with E-state index in [0.29, 0.717) is 5.56 Å². The summed E-state index contributed by atoms with van der Waals surface area (Å²) in [5.74, 6) is -0.309. The minimum absolute atomic E-state index is 0.145. The molecule has 4 heteroatoms. The first kappa shape index (κ1) is 11.8. The number of carbonyl (C=O) groups excluding carboxylic acids is 1. The summed E-state index contributed by atoms with van der Waals surface area (Å²) >= 11 is 0.